The van der Waals surface area contributed by atoms with Gasteiger partial charge in [-0.2, -0.15) is 0 Å². The van der Waals surface area contributed by atoms with Crippen molar-refractivity contribution < 1.29 is 18.3 Å². The first-order valence-corrected chi connectivity index (χ1v) is 9.89. The Kier molecular flexibility index (Phi) is 5.44. The predicted octanol–water partition coefficient (Wildman–Crippen LogP) is 4.59. The number of piperidine rings is 1. The molecule has 1 aromatic heterocycles. The Morgan fingerprint density at radius 2 is 2.00 bits per heavy atom. The van der Waals surface area contributed by atoms with Gasteiger partial charge in [0.2, 0.25) is 0 Å². The summed E-state index contributed by atoms with van der Waals surface area (Å²) in [5, 5.41) is 0.765. The van der Waals surface area contributed by atoms with Crippen LogP contribution in [0.4, 0.5) is 13.9 Å². The van der Waals surface area contributed by atoms with Crippen LogP contribution in [0.5, 0.6) is 0 Å². The molecule has 8 heteroatoms. The van der Waals surface area contributed by atoms with Gasteiger partial charge >= 0.3 is 5.97 Å². The summed E-state index contributed by atoms with van der Waals surface area (Å²) in [5.74, 6) is -2.87. The van der Waals surface area contributed by atoms with Crippen LogP contribution in [0.25, 0.3) is 0 Å². The summed E-state index contributed by atoms with van der Waals surface area (Å²) in [7, 11) is 1.42. The summed E-state index contributed by atoms with van der Waals surface area (Å²) >= 11 is 5.04. The Bertz CT molecular complexity index is 601. The molecule has 1 aliphatic carbocycles. The van der Waals surface area contributed by atoms with Crippen molar-refractivity contribution in [2.24, 2.45) is 5.92 Å². The third-order valence-electron chi connectivity index (χ3n) is 4.98. The van der Waals surface area contributed by atoms with Crippen LogP contribution < -0.4 is 4.90 Å². The summed E-state index contributed by atoms with van der Waals surface area (Å²) in [4.78, 5) is 18.7. The van der Waals surface area contributed by atoms with E-state index in [0.717, 1.165) is 40.3 Å². The zero-order valence-corrected chi connectivity index (χ0v) is 16.0. The normalized spacial score (nSPS) is 27.1. The molecule has 1 saturated heterocycles. The number of hydrogen-bond donors (Lipinski definition) is 0. The number of rotatable bonds is 3. The lowest BCUT2D eigenvalue weighted by molar-refractivity contribution is -0.147. The molecule has 2 unspecified atom stereocenters. The second kappa shape index (κ2) is 7.23. The van der Waals surface area contributed by atoms with Gasteiger partial charge in [-0.1, -0.05) is 24.2 Å². The fourth-order valence-electron chi connectivity index (χ4n) is 3.58. The lowest BCUT2D eigenvalue weighted by Gasteiger charge is -2.31. The van der Waals surface area contributed by atoms with Gasteiger partial charge in [0.1, 0.15) is 0 Å². The molecule has 134 valence electrons. The molecule has 0 N–H and O–H groups in total. The smallest absolute Gasteiger partial charge is 0.309 e. The molecule has 0 radical (unpaired) electrons. The fraction of sp³-hybridized carbons (Fsp3) is 0.750. The van der Waals surface area contributed by atoms with Gasteiger partial charge in [0.15, 0.2) is 5.13 Å². The Labute approximate surface area is 152 Å². The number of nitrogens with zero attached hydrogens (tertiary/aromatic N) is 2. The van der Waals surface area contributed by atoms with Crippen molar-refractivity contribution in [3.63, 3.8) is 0 Å². The Hall–Kier alpha value is -0.760. The van der Waals surface area contributed by atoms with Crippen molar-refractivity contribution in [2.45, 2.75) is 50.4 Å². The quantitative estimate of drug-likeness (QED) is 0.668. The largest absolute Gasteiger partial charge is 0.469 e. The Morgan fingerprint density at radius 1 is 1.33 bits per heavy atom. The summed E-state index contributed by atoms with van der Waals surface area (Å²) in [5.41, 5.74) is 0.877. The number of alkyl halides is 2. The minimum absolute atomic E-state index is 0.0387. The lowest BCUT2D eigenvalue weighted by atomic mass is 9.78. The molecule has 0 amide bonds. The SMILES string of the molecule is COC(=O)C1CCCCC1c1nc(N2CCC(F)(F)CC2)sc1Br. The molecule has 0 spiro atoms. The number of aromatic nitrogens is 1. The van der Waals surface area contributed by atoms with E-state index in [1.54, 1.807) is 0 Å². The van der Waals surface area contributed by atoms with Gasteiger partial charge in [0.05, 0.1) is 22.5 Å². The van der Waals surface area contributed by atoms with E-state index in [0.29, 0.717) is 13.1 Å². The number of esters is 1. The molecule has 2 aliphatic rings. The third kappa shape index (κ3) is 3.74. The first-order chi connectivity index (χ1) is 11.4. The molecule has 2 fully saturated rings. The Balaban J connectivity index is 1.79. The molecule has 4 nitrogen and oxygen atoms in total. The average Bonchev–Trinajstić information content (AvgIpc) is 2.95. The zero-order chi connectivity index (χ0) is 17.3. The van der Waals surface area contributed by atoms with Gasteiger partial charge in [-0.25, -0.2) is 13.8 Å². The molecule has 0 aromatic carbocycles. The van der Waals surface area contributed by atoms with E-state index in [-0.39, 0.29) is 30.6 Å². The fourth-order valence-corrected chi connectivity index (χ4v) is 5.32. The monoisotopic (exact) mass is 422 g/mol. The van der Waals surface area contributed by atoms with Crippen LogP contribution in [-0.2, 0) is 9.53 Å². The molecule has 2 heterocycles. The van der Waals surface area contributed by atoms with Gasteiger partial charge in [0.25, 0.3) is 5.92 Å². The molecule has 0 bridgehead atoms. The van der Waals surface area contributed by atoms with Crippen LogP contribution in [-0.4, -0.2) is 37.1 Å². The minimum atomic E-state index is -2.56. The maximum atomic E-state index is 13.3. The van der Waals surface area contributed by atoms with Crippen molar-refractivity contribution in [1.29, 1.82) is 0 Å². The topological polar surface area (TPSA) is 42.4 Å². The van der Waals surface area contributed by atoms with E-state index in [1.165, 1.54) is 18.4 Å². The van der Waals surface area contributed by atoms with Gasteiger partial charge in [-0.15, -0.1) is 0 Å². The van der Waals surface area contributed by atoms with Crippen molar-refractivity contribution in [3.05, 3.63) is 9.48 Å². The van der Waals surface area contributed by atoms with E-state index < -0.39 is 5.92 Å². The van der Waals surface area contributed by atoms with Crippen LogP contribution in [0.2, 0.25) is 0 Å². The third-order valence-corrected chi connectivity index (χ3v) is 6.80. The van der Waals surface area contributed by atoms with Crippen LogP contribution in [0.3, 0.4) is 0 Å². The Morgan fingerprint density at radius 3 is 2.67 bits per heavy atom. The average molecular weight is 423 g/mol. The first-order valence-electron chi connectivity index (χ1n) is 8.28. The highest BCUT2D eigenvalue weighted by Gasteiger charge is 2.38. The summed E-state index contributed by atoms with van der Waals surface area (Å²) in [6.07, 6.45) is 3.53. The lowest BCUT2D eigenvalue weighted by Crippen LogP contribution is -2.39. The molecule has 2 atom stereocenters. The van der Waals surface area contributed by atoms with E-state index in [1.807, 2.05) is 4.90 Å². The zero-order valence-electron chi connectivity index (χ0n) is 13.6. The van der Waals surface area contributed by atoms with E-state index in [4.69, 9.17) is 9.72 Å². The number of halogens is 3. The van der Waals surface area contributed by atoms with Crippen LogP contribution >= 0.6 is 27.3 Å². The second-order valence-corrected chi connectivity index (χ2v) is 8.81. The number of carbonyl (C=O) groups excluding carboxylic acids is 1. The summed E-state index contributed by atoms with van der Waals surface area (Å²) < 4.78 is 32.5. The van der Waals surface area contributed by atoms with Crippen molar-refractivity contribution in [1.82, 2.24) is 4.98 Å². The van der Waals surface area contributed by atoms with E-state index in [9.17, 15) is 13.6 Å². The molecule has 1 aliphatic heterocycles. The van der Waals surface area contributed by atoms with Gasteiger partial charge in [-0.3, -0.25) is 4.79 Å². The minimum Gasteiger partial charge on any atom is -0.469 e. The number of ether oxygens (including phenoxy) is 1. The molecule has 3 rings (SSSR count). The standard InChI is InChI=1S/C16H21BrF2N2O2S/c1-23-14(22)11-5-3-2-4-10(11)12-13(17)24-15(20-12)21-8-6-16(18,19)7-9-21/h10-11H,2-9H2,1H3. The maximum Gasteiger partial charge on any atom is 0.309 e. The summed E-state index contributed by atoms with van der Waals surface area (Å²) in [6, 6.07) is 0. The maximum absolute atomic E-state index is 13.3. The van der Waals surface area contributed by atoms with Crippen molar-refractivity contribution in [2.75, 3.05) is 25.1 Å². The first kappa shape index (κ1) is 18.0. The number of hydrogen-bond acceptors (Lipinski definition) is 5. The number of methoxy groups -OCH3 is 1. The van der Waals surface area contributed by atoms with E-state index >= 15 is 0 Å². The van der Waals surface area contributed by atoms with Crippen LogP contribution in [0.15, 0.2) is 3.79 Å². The number of anilines is 1. The van der Waals surface area contributed by atoms with Crippen LogP contribution in [0, 0.1) is 5.92 Å². The highest BCUT2D eigenvalue weighted by molar-refractivity contribution is 9.11. The highest BCUT2D eigenvalue weighted by atomic mass is 79.9. The summed E-state index contributed by atoms with van der Waals surface area (Å²) in [6.45, 7) is 0.634. The second-order valence-electron chi connectivity index (χ2n) is 6.52. The highest BCUT2D eigenvalue weighted by Crippen LogP contribution is 2.44. The number of thiazole rings is 1. The van der Waals surface area contributed by atoms with E-state index in [2.05, 4.69) is 15.9 Å². The molecular weight excluding hydrogens is 402 g/mol. The number of carbonyl (C=O) groups is 1. The molecule has 1 saturated carbocycles. The predicted molar refractivity (Wildman–Crippen MR) is 92.9 cm³/mol. The molecular formula is C16H21BrF2N2O2S. The van der Waals surface area contributed by atoms with Gasteiger partial charge in [0, 0.05) is 31.8 Å². The van der Waals surface area contributed by atoms with Gasteiger partial charge < -0.3 is 9.64 Å². The van der Waals surface area contributed by atoms with Crippen molar-refractivity contribution in [3.8, 4) is 0 Å². The van der Waals surface area contributed by atoms with Crippen LogP contribution in [0.1, 0.15) is 50.1 Å². The van der Waals surface area contributed by atoms with Crippen molar-refractivity contribution >= 4 is 38.4 Å². The molecule has 24 heavy (non-hydrogen) atoms. The molecule has 1 aromatic rings. The van der Waals surface area contributed by atoms with Gasteiger partial charge in [-0.05, 0) is 28.8 Å².